The number of hydrogen-bond acceptors (Lipinski definition) is 4. The van der Waals surface area contributed by atoms with Crippen LogP contribution in [0.1, 0.15) is 41.4 Å². The molecule has 1 fully saturated rings. The van der Waals surface area contributed by atoms with Crippen LogP contribution >= 0.6 is 23.2 Å². The Labute approximate surface area is 198 Å². The maximum Gasteiger partial charge on any atom is 0.262 e. The van der Waals surface area contributed by atoms with Gasteiger partial charge in [-0.25, -0.2) is 4.98 Å². The highest BCUT2D eigenvalue weighted by Gasteiger charge is 2.46. The number of benzene rings is 1. The predicted molar refractivity (Wildman–Crippen MR) is 132 cm³/mol. The lowest BCUT2D eigenvalue weighted by Crippen LogP contribution is -2.45. The molecule has 0 bridgehead atoms. The van der Waals surface area contributed by atoms with Crippen molar-refractivity contribution >= 4 is 34.7 Å². The van der Waals surface area contributed by atoms with E-state index in [0.29, 0.717) is 17.1 Å². The largest absolute Gasteiger partial charge is 0.356 e. The molecule has 2 N–H and O–H groups in total. The van der Waals surface area contributed by atoms with Crippen molar-refractivity contribution in [1.29, 1.82) is 0 Å². The molecule has 168 valence electrons. The summed E-state index contributed by atoms with van der Waals surface area (Å²) in [7, 11) is 0. The fourth-order valence-corrected chi connectivity index (χ4v) is 6.06. The lowest BCUT2D eigenvalue weighted by atomic mass is 9.73. The van der Waals surface area contributed by atoms with Gasteiger partial charge in [-0.1, -0.05) is 36.4 Å². The van der Waals surface area contributed by atoms with E-state index in [1.54, 1.807) is 4.57 Å². The van der Waals surface area contributed by atoms with Crippen LogP contribution in [0.3, 0.4) is 0 Å². The predicted octanol–water partition coefficient (Wildman–Crippen LogP) is 4.33. The van der Waals surface area contributed by atoms with E-state index in [1.165, 1.54) is 11.1 Å². The molecule has 7 heteroatoms. The van der Waals surface area contributed by atoms with E-state index < -0.39 is 5.38 Å². The minimum Gasteiger partial charge on any atom is -0.356 e. The highest BCUT2D eigenvalue weighted by Crippen LogP contribution is 2.51. The second kappa shape index (κ2) is 8.05. The number of aryl methyl sites for hydroxylation is 1. The molecule has 1 spiro atoms. The van der Waals surface area contributed by atoms with Crippen molar-refractivity contribution in [3.8, 4) is 0 Å². The molecule has 0 saturated carbocycles. The summed E-state index contributed by atoms with van der Waals surface area (Å²) >= 11 is 12.8. The van der Waals surface area contributed by atoms with Crippen molar-refractivity contribution in [1.82, 2.24) is 9.55 Å². The molecule has 5 nitrogen and oxygen atoms in total. The molecule has 3 atom stereocenters. The molecule has 3 aliphatic rings. The third-order valence-electron chi connectivity index (χ3n) is 7.48. The summed E-state index contributed by atoms with van der Waals surface area (Å²) < 4.78 is 1.60. The second-order valence-corrected chi connectivity index (χ2v) is 10.2. The van der Waals surface area contributed by atoms with E-state index in [1.807, 2.05) is 32.1 Å². The number of fused-ring (bicyclic) bond motifs is 1. The molecule has 0 radical (unpaired) electrons. The molecular formula is C25H28Cl2N4O. The summed E-state index contributed by atoms with van der Waals surface area (Å²) in [5.41, 5.74) is 10.7. The zero-order valence-electron chi connectivity index (χ0n) is 18.4. The number of anilines is 1. The molecule has 2 aromatic rings. The summed E-state index contributed by atoms with van der Waals surface area (Å²) in [6.07, 6.45) is 8.51. The number of piperidine rings is 1. The van der Waals surface area contributed by atoms with E-state index in [4.69, 9.17) is 33.9 Å². The van der Waals surface area contributed by atoms with Crippen molar-refractivity contribution in [3.63, 3.8) is 0 Å². The average molecular weight is 471 g/mol. The van der Waals surface area contributed by atoms with E-state index in [0.717, 1.165) is 38.2 Å². The van der Waals surface area contributed by atoms with E-state index in [9.17, 15) is 4.79 Å². The van der Waals surface area contributed by atoms with Gasteiger partial charge in [0.05, 0.1) is 16.3 Å². The van der Waals surface area contributed by atoms with Crippen LogP contribution < -0.4 is 16.2 Å². The van der Waals surface area contributed by atoms with Gasteiger partial charge in [0, 0.05) is 24.8 Å². The smallest absolute Gasteiger partial charge is 0.262 e. The van der Waals surface area contributed by atoms with Crippen LogP contribution in [0.5, 0.6) is 0 Å². The Balaban J connectivity index is 1.41. The highest BCUT2D eigenvalue weighted by molar-refractivity contribution is 6.34. The van der Waals surface area contributed by atoms with Crippen LogP contribution in [0, 0.1) is 19.3 Å². The van der Waals surface area contributed by atoms with Gasteiger partial charge in [0.15, 0.2) is 0 Å². The van der Waals surface area contributed by atoms with E-state index >= 15 is 0 Å². The van der Waals surface area contributed by atoms with Gasteiger partial charge in [-0.2, -0.15) is 0 Å². The van der Waals surface area contributed by atoms with Gasteiger partial charge < -0.3 is 10.6 Å². The Morgan fingerprint density at radius 2 is 1.88 bits per heavy atom. The number of hydrogen-bond donors (Lipinski definition) is 1. The van der Waals surface area contributed by atoms with Gasteiger partial charge >= 0.3 is 0 Å². The molecule has 2 aliphatic carbocycles. The monoisotopic (exact) mass is 470 g/mol. The van der Waals surface area contributed by atoms with Crippen molar-refractivity contribution < 1.29 is 0 Å². The van der Waals surface area contributed by atoms with Crippen molar-refractivity contribution in [2.24, 2.45) is 11.1 Å². The Morgan fingerprint density at radius 1 is 1.16 bits per heavy atom. The summed E-state index contributed by atoms with van der Waals surface area (Å²) in [5.74, 6) is 1.39. The minimum absolute atomic E-state index is 0.0695. The first-order valence-electron chi connectivity index (χ1n) is 11.2. The zero-order valence-corrected chi connectivity index (χ0v) is 19.9. The fraction of sp³-hybridized carbons (Fsp3) is 0.440. The zero-order chi connectivity index (χ0) is 22.6. The lowest BCUT2D eigenvalue weighted by molar-refractivity contribution is 0.187. The maximum absolute atomic E-state index is 13.4. The molecule has 2 heterocycles. The highest BCUT2D eigenvalue weighted by atomic mass is 35.5. The minimum atomic E-state index is -0.481. The summed E-state index contributed by atoms with van der Waals surface area (Å²) in [5, 5.41) is -0.841. The number of rotatable bonds is 2. The first kappa shape index (κ1) is 21.7. The van der Waals surface area contributed by atoms with Gasteiger partial charge in [-0.15, -0.1) is 23.2 Å². The number of allylic oxidation sites excluding steroid dienone is 4. The maximum atomic E-state index is 13.4. The number of nitrogens with zero attached hydrogens (tertiary/aromatic N) is 3. The number of aromatic nitrogens is 2. The third kappa shape index (κ3) is 3.33. The molecule has 1 aromatic heterocycles. The normalized spacial score (nSPS) is 26.3. The van der Waals surface area contributed by atoms with Crippen LogP contribution in [0.25, 0.3) is 5.70 Å². The Morgan fingerprint density at radius 3 is 2.59 bits per heavy atom. The molecule has 1 saturated heterocycles. The van der Waals surface area contributed by atoms with Crippen LogP contribution in [-0.4, -0.2) is 33.4 Å². The SMILES string of the molecule is Cc1c(N2CCC3(CC2)Cc2ccccc2[C@@H]3N)nc(C)n(C2=CC=C[C@H](Cl)[C@@H]2Cl)c1=O. The topological polar surface area (TPSA) is 64.2 Å². The van der Waals surface area contributed by atoms with Gasteiger partial charge in [-0.05, 0) is 55.7 Å². The lowest BCUT2D eigenvalue weighted by Gasteiger charge is -2.43. The summed E-state index contributed by atoms with van der Waals surface area (Å²) in [6.45, 7) is 5.38. The number of halogens is 2. The molecule has 1 aliphatic heterocycles. The summed E-state index contributed by atoms with van der Waals surface area (Å²) in [4.78, 5) is 20.5. The second-order valence-electron chi connectivity index (χ2n) is 9.27. The number of nitrogens with two attached hydrogens (primary N) is 1. The van der Waals surface area contributed by atoms with E-state index in [-0.39, 0.29) is 22.4 Å². The van der Waals surface area contributed by atoms with Crippen molar-refractivity contribution in [2.75, 3.05) is 18.0 Å². The molecular weight excluding hydrogens is 443 g/mol. The van der Waals surface area contributed by atoms with Crippen molar-refractivity contribution in [2.45, 2.75) is 49.9 Å². The first-order chi connectivity index (χ1) is 15.3. The molecule has 32 heavy (non-hydrogen) atoms. The quantitative estimate of drug-likeness (QED) is 0.663. The van der Waals surface area contributed by atoms with Crippen molar-refractivity contribution in [3.05, 3.63) is 75.4 Å². The fourth-order valence-electron chi connectivity index (χ4n) is 5.59. The average Bonchev–Trinajstić information content (AvgIpc) is 3.06. The molecule has 0 amide bonds. The third-order valence-corrected chi connectivity index (χ3v) is 8.51. The van der Waals surface area contributed by atoms with Crippen LogP contribution in [0.15, 0.2) is 47.3 Å². The Kier molecular flexibility index (Phi) is 5.47. The standard InChI is InChI=1S/C25H28Cl2N4O/c1-15-23(29-16(2)31(24(15)32)20-9-5-8-19(26)21(20)27)30-12-10-25(11-13-30)14-17-6-3-4-7-18(17)22(25)28/h3-9,19,21-22H,10-14,28H2,1-2H3/t19-,21-,22-/m0/s1. The van der Waals surface area contributed by atoms with Crippen LogP contribution in [-0.2, 0) is 6.42 Å². The Hall–Kier alpha value is -2.08. The van der Waals surface area contributed by atoms with Gasteiger partial charge in [0.25, 0.3) is 5.56 Å². The van der Waals surface area contributed by atoms with Gasteiger partial charge in [0.2, 0.25) is 0 Å². The number of alkyl halides is 2. The molecule has 0 unspecified atom stereocenters. The van der Waals surface area contributed by atoms with Crippen LogP contribution in [0.2, 0.25) is 0 Å². The van der Waals surface area contributed by atoms with Gasteiger partial charge in [0.1, 0.15) is 11.6 Å². The molecule has 5 rings (SSSR count). The first-order valence-corrected chi connectivity index (χ1v) is 12.1. The van der Waals surface area contributed by atoms with E-state index in [2.05, 4.69) is 29.2 Å². The van der Waals surface area contributed by atoms with Crippen LogP contribution in [0.4, 0.5) is 5.82 Å². The summed E-state index contributed by atoms with van der Waals surface area (Å²) in [6, 6.07) is 8.61. The molecule has 1 aromatic carbocycles. The Bertz CT molecular complexity index is 1180. The van der Waals surface area contributed by atoms with Gasteiger partial charge in [-0.3, -0.25) is 9.36 Å².